The second-order valence-electron chi connectivity index (χ2n) is 9.12. The molecule has 1 fully saturated rings. The molecule has 1 N–H and O–H groups in total. The number of nitrogens with one attached hydrogen (secondary N) is 1. The highest BCUT2D eigenvalue weighted by atomic mass is 16.1. The summed E-state index contributed by atoms with van der Waals surface area (Å²) in [7, 11) is 0. The molecule has 0 amide bonds. The first-order chi connectivity index (χ1) is 13.5. The van der Waals surface area contributed by atoms with E-state index in [9.17, 15) is 4.79 Å². The van der Waals surface area contributed by atoms with Gasteiger partial charge in [0, 0.05) is 24.9 Å². The zero-order valence-electron chi connectivity index (χ0n) is 17.2. The quantitative estimate of drug-likeness (QED) is 0.718. The third kappa shape index (κ3) is 3.98. The molecule has 0 spiro atoms. The van der Waals surface area contributed by atoms with Crippen LogP contribution in [0.1, 0.15) is 81.1 Å². The molecule has 2 aromatic heterocycles. The molecule has 4 rings (SSSR count). The third-order valence-electron chi connectivity index (χ3n) is 6.52. The first kappa shape index (κ1) is 19.2. The van der Waals surface area contributed by atoms with Crippen LogP contribution in [0.2, 0.25) is 0 Å². The van der Waals surface area contributed by atoms with Crippen LogP contribution in [-0.2, 0) is 12.0 Å². The van der Waals surface area contributed by atoms with Gasteiger partial charge in [-0.1, -0.05) is 19.3 Å². The van der Waals surface area contributed by atoms with Gasteiger partial charge in [-0.05, 0) is 69.6 Å². The maximum atomic E-state index is 13.0. The fraction of sp³-hybridized carbons (Fsp3) is 0.609. The monoisotopic (exact) mass is 380 g/mol. The summed E-state index contributed by atoms with van der Waals surface area (Å²) in [6.07, 6.45) is 15.4. The molecule has 150 valence electrons. The minimum Gasteiger partial charge on any atom is -0.367 e. The fourth-order valence-electron chi connectivity index (χ4n) is 4.96. The molecule has 1 atom stereocenters. The van der Waals surface area contributed by atoms with Crippen LogP contribution in [0.25, 0.3) is 0 Å². The molecule has 0 radical (unpaired) electrons. The van der Waals surface area contributed by atoms with Gasteiger partial charge in [-0.2, -0.15) is 5.10 Å². The molecule has 5 nitrogen and oxygen atoms in total. The number of nitrogens with zero attached hydrogens (tertiary/aromatic N) is 3. The zero-order chi connectivity index (χ0) is 19.6. The number of anilines is 1. The second kappa shape index (κ2) is 8.06. The van der Waals surface area contributed by atoms with E-state index in [0.29, 0.717) is 18.4 Å². The lowest BCUT2D eigenvalue weighted by Gasteiger charge is -2.42. The van der Waals surface area contributed by atoms with Crippen LogP contribution < -0.4 is 5.32 Å². The first-order valence-electron chi connectivity index (χ1n) is 10.8. The van der Waals surface area contributed by atoms with Gasteiger partial charge in [0.05, 0.1) is 17.3 Å². The molecular formula is C23H32N4O. The predicted molar refractivity (Wildman–Crippen MR) is 112 cm³/mol. The maximum absolute atomic E-state index is 13.0. The Labute approximate surface area is 167 Å². The summed E-state index contributed by atoms with van der Waals surface area (Å²) >= 11 is 0. The molecule has 1 aliphatic carbocycles. The van der Waals surface area contributed by atoms with E-state index in [1.54, 1.807) is 6.20 Å². The largest absolute Gasteiger partial charge is 0.367 e. The molecule has 2 aromatic rings. The van der Waals surface area contributed by atoms with Crippen molar-refractivity contribution in [1.29, 1.82) is 0 Å². The van der Waals surface area contributed by atoms with Crippen molar-refractivity contribution in [3.8, 4) is 0 Å². The molecule has 28 heavy (non-hydrogen) atoms. The molecule has 1 saturated carbocycles. The van der Waals surface area contributed by atoms with Crippen LogP contribution in [0.5, 0.6) is 0 Å². The topological polar surface area (TPSA) is 59.8 Å². The van der Waals surface area contributed by atoms with E-state index in [4.69, 9.17) is 0 Å². The minimum absolute atomic E-state index is 0.0573. The summed E-state index contributed by atoms with van der Waals surface area (Å²) in [5.41, 5.74) is 1.94. The molecule has 0 aromatic carbocycles. The lowest BCUT2D eigenvalue weighted by molar-refractivity contribution is 0.0980. The number of carbonyl (C=O) groups is 1. The third-order valence-corrected chi connectivity index (χ3v) is 6.52. The van der Waals surface area contributed by atoms with Gasteiger partial charge in [-0.3, -0.25) is 9.78 Å². The van der Waals surface area contributed by atoms with Gasteiger partial charge in [0.2, 0.25) is 0 Å². The summed E-state index contributed by atoms with van der Waals surface area (Å²) in [5.74, 6) is 1.86. The fourth-order valence-corrected chi connectivity index (χ4v) is 4.96. The number of rotatable bonds is 6. The first-order valence-corrected chi connectivity index (χ1v) is 10.8. The van der Waals surface area contributed by atoms with Crippen LogP contribution in [0, 0.1) is 5.92 Å². The van der Waals surface area contributed by atoms with Gasteiger partial charge in [0.25, 0.3) is 0 Å². The number of aromatic nitrogens is 3. The van der Waals surface area contributed by atoms with Crippen molar-refractivity contribution in [3.05, 3.63) is 41.9 Å². The van der Waals surface area contributed by atoms with Crippen LogP contribution in [0.3, 0.4) is 0 Å². The van der Waals surface area contributed by atoms with Crippen LogP contribution in [-0.4, -0.2) is 26.6 Å². The smallest absolute Gasteiger partial charge is 0.168 e. The zero-order valence-corrected chi connectivity index (χ0v) is 17.2. The van der Waals surface area contributed by atoms with Gasteiger partial charge >= 0.3 is 0 Å². The van der Waals surface area contributed by atoms with Crippen molar-refractivity contribution in [2.45, 2.75) is 83.2 Å². The highest BCUT2D eigenvalue weighted by molar-refractivity contribution is 6.00. The molecule has 0 saturated heterocycles. The van der Waals surface area contributed by atoms with Crippen molar-refractivity contribution in [2.24, 2.45) is 5.92 Å². The number of Topliss-reactive ketones (excluding diaryl/α,β-unsaturated/α-hetero) is 1. The maximum Gasteiger partial charge on any atom is 0.168 e. The summed E-state index contributed by atoms with van der Waals surface area (Å²) in [4.78, 5) is 17.0. The molecule has 1 unspecified atom stereocenters. The number of fused-ring (bicyclic) bond motifs is 1. The Morgan fingerprint density at radius 1 is 1.21 bits per heavy atom. The van der Waals surface area contributed by atoms with Crippen LogP contribution >= 0.6 is 0 Å². The lowest BCUT2D eigenvalue weighted by atomic mass is 9.78. The number of ketones is 1. The molecule has 2 aliphatic rings. The average Bonchev–Trinajstić information content (AvgIpc) is 3.14. The Kier molecular flexibility index (Phi) is 5.51. The Hall–Kier alpha value is -2.17. The van der Waals surface area contributed by atoms with Crippen molar-refractivity contribution >= 4 is 11.6 Å². The number of hydrogen-bond donors (Lipinski definition) is 1. The van der Waals surface area contributed by atoms with E-state index < -0.39 is 0 Å². The molecule has 3 heterocycles. The van der Waals surface area contributed by atoms with Gasteiger partial charge in [-0.15, -0.1) is 0 Å². The second-order valence-corrected chi connectivity index (χ2v) is 9.12. The molecular weight excluding hydrogens is 348 g/mol. The Morgan fingerprint density at radius 3 is 2.71 bits per heavy atom. The summed E-state index contributed by atoms with van der Waals surface area (Å²) in [5, 5.41) is 8.33. The standard InChI is InChI=1S/C23H32N4O/c1-23(2)15-20(18-8-4-3-5-9-18)26-22-19(16-25-27(22)23)21(28)10-6-7-17-11-13-24-14-12-17/h11-14,16,18,20,26H,3-10,15H2,1-2H3. The van der Waals surface area contributed by atoms with Gasteiger partial charge < -0.3 is 5.32 Å². The Morgan fingerprint density at radius 2 is 1.96 bits per heavy atom. The molecule has 0 bridgehead atoms. The SMILES string of the molecule is CC1(C)CC(C2CCCCC2)Nc2c(C(=O)CCCc3ccncc3)cnn21. The number of hydrogen-bond acceptors (Lipinski definition) is 4. The highest BCUT2D eigenvalue weighted by Crippen LogP contribution is 2.40. The van der Waals surface area contributed by atoms with Crippen molar-refractivity contribution in [3.63, 3.8) is 0 Å². The van der Waals surface area contributed by atoms with Gasteiger partial charge in [0.15, 0.2) is 5.78 Å². The Balaban J connectivity index is 1.46. The summed E-state index contributed by atoms with van der Waals surface area (Å²) < 4.78 is 2.04. The lowest BCUT2D eigenvalue weighted by Crippen LogP contribution is -2.45. The van der Waals surface area contributed by atoms with E-state index in [1.165, 1.54) is 37.7 Å². The molecule has 5 heteroatoms. The predicted octanol–water partition coefficient (Wildman–Crippen LogP) is 4.98. The van der Waals surface area contributed by atoms with Crippen molar-refractivity contribution < 1.29 is 4.79 Å². The molecule has 1 aliphatic heterocycles. The van der Waals surface area contributed by atoms with E-state index in [1.807, 2.05) is 29.2 Å². The van der Waals surface area contributed by atoms with E-state index in [-0.39, 0.29) is 11.3 Å². The number of carbonyl (C=O) groups excluding carboxylic acids is 1. The Bertz CT molecular complexity index is 805. The van der Waals surface area contributed by atoms with Gasteiger partial charge in [0.1, 0.15) is 5.82 Å². The van der Waals surface area contributed by atoms with E-state index in [0.717, 1.165) is 30.6 Å². The summed E-state index contributed by atoms with van der Waals surface area (Å²) in [6.45, 7) is 4.50. The van der Waals surface area contributed by atoms with Crippen LogP contribution in [0.15, 0.2) is 30.7 Å². The normalized spacial score (nSPS) is 21.7. The summed E-state index contributed by atoms with van der Waals surface area (Å²) in [6, 6.07) is 4.49. The number of pyridine rings is 1. The van der Waals surface area contributed by atoms with E-state index >= 15 is 0 Å². The highest BCUT2D eigenvalue weighted by Gasteiger charge is 2.39. The van der Waals surface area contributed by atoms with E-state index in [2.05, 4.69) is 29.2 Å². The van der Waals surface area contributed by atoms with Crippen LogP contribution in [0.4, 0.5) is 5.82 Å². The van der Waals surface area contributed by atoms with Crippen molar-refractivity contribution in [1.82, 2.24) is 14.8 Å². The average molecular weight is 381 g/mol. The van der Waals surface area contributed by atoms with Crippen molar-refractivity contribution in [2.75, 3.05) is 5.32 Å². The minimum atomic E-state index is -0.0573. The van der Waals surface area contributed by atoms with Gasteiger partial charge in [-0.25, -0.2) is 4.68 Å². The number of aryl methyl sites for hydroxylation is 1.